The first-order valence-electron chi connectivity index (χ1n) is 15.9. The quantitative estimate of drug-likeness (QED) is 0.0559. The van der Waals surface area contributed by atoms with Crippen molar-refractivity contribution in [1.29, 1.82) is 0 Å². The number of hydrogen-bond acceptors (Lipinski definition) is 3. The van der Waals surface area contributed by atoms with E-state index in [4.69, 9.17) is 11.5 Å². The zero-order chi connectivity index (χ0) is 27.4. The highest BCUT2D eigenvalue weighted by Gasteiger charge is 2.21. The molecule has 0 aromatic rings. The molecule has 0 aromatic heterocycles. The average molecular weight is 523 g/mol. The van der Waals surface area contributed by atoms with Gasteiger partial charge in [-0.1, -0.05) is 123 Å². The van der Waals surface area contributed by atoms with Crippen LogP contribution in [0.3, 0.4) is 0 Å². The molecule has 0 spiro atoms. The van der Waals surface area contributed by atoms with E-state index in [0.29, 0.717) is 38.8 Å². The Kier molecular flexibility index (Phi) is 26.3. The van der Waals surface area contributed by atoms with Gasteiger partial charge in [0.2, 0.25) is 5.91 Å². The highest BCUT2D eigenvalue weighted by molar-refractivity contribution is 5.86. The topological polar surface area (TPSA) is 111 Å². The summed E-state index contributed by atoms with van der Waals surface area (Å²) in [5.74, 6) is 0.0130. The van der Waals surface area contributed by atoms with Crippen molar-refractivity contribution in [2.24, 2.45) is 22.4 Å². The summed E-state index contributed by atoms with van der Waals surface area (Å²) >= 11 is 0. The van der Waals surface area contributed by atoms with Crippen LogP contribution in [0.15, 0.2) is 4.99 Å². The third kappa shape index (κ3) is 25.8. The Morgan fingerprint density at radius 1 is 0.649 bits per heavy atom. The van der Waals surface area contributed by atoms with Crippen LogP contribution in [0.1, 0.15) is 162 Å². The molecule has 0 saturated heterocycles. The summed E-state index contributed by atoms with van der Waals surface area (Å²) in [6.45, 7) is 5.64. The van der Waals surface area contributed by atoms with E-state index in [2.05, 4.69) is 24.2 Å². The maximum Gasteiger partial charge on any atom is 0.223 e. The Morgan fingerprint density at radius 2 is 1.11 bits per heavy atom. The van der Waals surface area contributed by atoms with Crippen LogP contribution >= 0.6 is 0 Å². The Morgan fingerprint density at radius 3 is 1.59 bits per heavy atom. The summed E-state index contributed by atoms with van der Waals surface area (Å²) in [6.07, 6.45) is 26.5. The number of carbonyl (C=O) groups excluding carboxylic acids is 2. The highest BCUT2D eigenvalue weighted by atomic mass is 16.2. The molecule has 6 heteroatoms. The van der Waals surface area contributed by atoms with Gasteiger partial charge in [0.15, 0.2) is 5.96 Å². The van der Waals surface area contributed by atoms with E-state index in [0.717, 1.165) is 25.7 Å². The number of nitrogens with zero attached hydrogens (tertiary/aromatic N) is 1. The third-order valence-corrected chi connectivity index (χ3v) is 7.24. The number of unbranched alkanes of at least 4 members (excludes halogenated alkanes) is 17. The highest BCUT2D eigenvalue weighted by Crippen LogP contribution is 2.17. The zero-order valence-electron chi connectivity index (χ0n) is 24.7. The Labute approximate surface area is 229 Å². The number of amides is 1. The fraction of sp³-hybridized carbons (Fsp3) is 0.903. The molecule has 0 rings (SSSR count). The van der Waals surface area contributed by atoms with Gasteiger partial charge in [-0.25, -0.2) is 0 Å². The molecule has 37 heavy (non-hydrogen) atoms. The Balaban J connectivity index is 3.94. The molecular formula is C31H62N4O2. The van der Waals surface area contributed by atoms with E-state index in [1.54, 1.807) is 0 Å². The van der Waals surface area contributed by atoms with Crippen molar-refractivity contribution in [2.75, 3.05) is 13.1 Å². The molecule has 0 saturated carbocycles. The molecule has 0 aromatic carbocycles. The second-order valence-electron chi connectivity index (χ2n) is 10.9. The van der Waals surface area contributed by atoms with Crippen LogP contribution in [0, 0.1) is 5.92 Å². The van der Waals surface area contributed by atoms with Gasteiger partial charge in [-0.2, -0.15) is 0 Å². The standard InChI is InChI=1S/C31H62N4O2/c1-3-5-7-9-10-11-12-13-14-15-16-17-18-19-20-24-29(36)27-28(23-22-26-35-31(32)33)30(37)34-25-21-8-6-4-2/h28H,3-27H2,1-2H3,(H,34,37)(H4,32,33,35)/t28-/m1/s1. The molecule has 0 bridgehead atoms. The number of Topliss-reactive ketones (excluding diaryl/α,β-unsaturated/α-hetero) is 1. The van der Waals surface area contributed by atoms with Crippen molar-refractivity contribution in [1.82, 2.24) is 5.32 Å². The molecule has 5 N–H and O–H groups in total. The van der Waals surface area contributed by atoms with Crippen molar-refractivity contribution in [2.45, 2.75) is 162 Å². The predicted molar refractivity (Wildman–Crippen MR) is 160 cm³/mol. The number of ketones is 1. The molecule has 0 fully saturated rings. The smallest absolute Gasteiger partial charge is 0.223 e. The van der Waals surface area contributed by atoms with Gasteiger partial charge in [0.05, 0.1) is 0 Å². The first-order chi connectivity index (χ1) is 18.0. The summed E-state index contributed by atoms with van der Waals surface area (Å²) in [4.78, 5) is 29.3. The number of carbonyl (C=O) groups is 2. The molecule has 218 valence electrons. The van der Waals surface area contributed by atoms with Gasteiger partial charge in [-0.3, -0.25) is 14.6 Å². The lowest BCUT2D eigenvalue weighted by Crippen LogP contribution is -2.33. The minimum atomic E-state index is -0.274. The first kappa shape index (κ1) is 35.4. The van der Waals surface area contributed by atoms with Crippen LogP contribution in [-0.4, -0.2) is 30.7 Å². The van der Waals surface area contributed by atoms with E-state index in [-0.39, 0.29) is 23.6 Å². The van der Waals surface area contributed by atoms with Crippen LogP contribution < -0.4 is 16.8 Å². The normalized spacial score (nSPS) is 11.8. The fourth-order valence-corrected chi connectivity index (χ4v) is 4.85. The molecule has 0 aliphatic heterocycles. The molecule has 0 radical (unpaired) electrons. The van der Waals surface area contributed by atoms with Crippen molar-refractivity contribution in [3.63, 3.8) is 0 Å². The summed E-state index contributed by atoms with van der Waals surface area (Å²) in [5.41, 5.74) is 10.8. The van der Waals surface area contributed by atoms with Gasteiger partial charge in [0.25, 0.3) is 0 Å². The van der Waals surface area contributed by atoms with Crippen LogP contribution in [-0.2, 0) is 9.59 Å². The predicted octanol–water partition coefficient (Wildman–Crippen LogP) is 7.57. The summed E-state index contributed by atoms with van der Waals surface area (Å²) in [7, 11) is 0. The second-order valence-corrected chi connectivity index (χ2v) is 10.9. The van der Waals surface area contributed by atoms with Crippen molar-refractivity contribution < 1.29 is 9.59 Å². The van der Waals surface area contributed by atoms with Gasteiger partial charge in [-0.15, -0.1) is 0 Å². The lowest BCUT2D eigenvalue weighted by atomic mass is 9.93. The van der Waals surface area contributed by atoms with E-state index in [9.17, 15) is 9.59 Å². The minimum absolute atomic E-state index is 0.00559. The number of aliphatic imine (C=N–C) groups is 1. The van der Waals surface area contributed by atoms with Crippen molar-refractivity contribution >= 4 is 17.6 Å². The Hall–Kier alpha value is -1.59. The van der Waals surface area contributed by atoms with E-state index >= 15 is 0 Å². The van der Waals surface area contributed by atoms with Crippen LogP contribution in [0.2, 0.25) is 0 Å². The summed E-state index contributed by atoms with van der Waals surface area (Å²) < 4.78 is 0. The van der Waals surface area contributed by atoms with Gasteiger partial charge in [0.1, 0.15) is 5.78 Å². The monoisotopic (exact) mass is 522 g/mol. The summed E-state index contributed by atoms with van der Waals surface area (Å²) in [6, 6.07) is 0. The maximum absolute atomic E-state index is 12.7. The number of nitrogens with two attached hydrogens (primary N) is 2. The minimum Gasteiger partial charge on any atom is -0.370 e. The molecule has 0 heterocycles. The maximum atomic E-state index is 12.7. The molecule has 0 aliphatic rings. The number of hydrogen-bond donors (Lipinski definition) is 3. The number of nitrogens with one attached hydrogen (secondary N) is 1. The average Bonchev–Trinajstić information content (AvgIpc) is 2.87. The third-order valence-electron chi connectivity index (χ3n) is 7.24. The van der Waals surface area contributed by atoms with Crippen molar-refractivity contribution in [3.8, 4) is 0 Å². The first-order valence-corrected chi connectivity index (χ1v) is 15.9. The zero-order valence-corrected chi connectivity index (χ0v) is 24.7. The lowest BCUT2D eigenvalue weighted by Gasteiger charge is -2.16. The van der Waals surface area contributed by atoms with Crippen LogP contribution in [0.5, 0.6) is 0 Å². The largest absolute Gasteiger partial charge is 0.370 e. The molecular weight excluding hydrogens is 460 g/mol. The molecule has 1 atom stereocenters. The van der Waals surface area contributed by atoms with Crippen molar-refractivity contribution in [3.05, 3.63) is 0 Å². The molecule has 0 aliphatic carbocycles. The number of rotatable bonds is 28. The fourth-order valence-electron chi connectivity index (χ4n) is 4.85. The molecule has 6 nitrogen and oxygen atoms in total. The lowest BCUT2D eigenvalue weighted by molar-refractivity contribution is -0.129. The van der Waals surface area contributed by atoms with Crippen LogP contribution in [0.25, 0.3) is 0 Å². The Bertz CT molecular complexity index is 561. The van der Waals surface area contributed by atoms with Gasteiger partial charge >= 0.3 is 0 Å². The SMILES string of the molecule is CCCCCCCCCCCCCCCCCC(=O)C[C@@H](CCCN=C(N)N)C(=O)NCCCCCC. The van der Waals surface area contributed by atoms with Crippen LogP contribution in [0.4, 0.5) is 0 Å². The van der Waals surface area contributed by atoms with E-state index < -0.39 is 0 Å². The molecule has 0 unspecified atom stereocenters. The van der Waals surface area contributed by atoms with E-state index in [1.165, 1.54) is 96.3 Å². The number of guanidine groups is 1. The molecule has 1 amide bonds. The summed E-state index contributed by atoms with van der Waals surface area (Å²) in [5, 5.41) is 3.04. The second kappa shape index (κ2) is 27.4. The van der Waals surface area contributed by atoms with Gasteiger partial charge in [-0.05, 0) is 25.7 Å². The van der Waals surface area contributed by atoms with Gasteiger partial charge < -0.3 is 16.8 Å². The van der Waals surface area contributed by atoms with Gasteiger partial charge in [0, 0.05) is 31.8 Å². The van der Waals surface area contributed by atoms with E-state index in [1.807, 2.05) is 0 Å².